The molecule has 188 valence electrons. The van der Waals surface area contributed by atoms with Crippen molar-refractivity contribution in [1.82, 2.24) is 24.5 Å². The predicted octanol–water partition coefficient (Wildman–Crippen LogP) is 3.87. The first-order chi connectivity index (χ1) is 16.5. The fraction of sp³-hybridized carbons (Fsp3) is 0.435. The van der Waals surface area contributed by atoms with Crippen LogP contribution in [-0.4, -0.2) is 57.8 Å². The minimum Gasteiger partial charge on any atom is -0.493 e. The minimum absolute atomic E-state index is 0.0260. The molecule has 3 heterocycles. The topological polar surface area (TPSA) is 86.4 Å². The molecule has 35 heavy (non-hydrogen) atoms. The fourth-order valence-electron chi connectivity index (χ4n) is 4.24. The highest BCUT2D eigenvalue weighted by molar-refractivity contribution is 5.98. The summed E-state index contributed by atoms with van der Waals surface area (Å²) < 4.78 is 55.2. The summed E-state index contributed by atoms with van der Waals surface area (Å²) in [6, 6.07) is 2.32. The van der Waals surface area contributed by atoms with Crippen LogP contribution in [0.3, 0.4) is 0 Å². The lowest BCUT2D eigenvalue weighted by atomic mass is 9.96. The highest BCUT2D eigenvalue weighted by Gasteiger charge is 2.47. The van der Waals surface area contributed by atoms with Gasteiger partial charge in [-0.2, -0.15) is 23.4 Å². The van der Waals surface area contributed by atoms with Crippen molar-refractivity contribution in [3.63, 3.8) is 0 Å². The third-order valence-electron chi connectivity index (χ3n) is 6.37. The number of nitrogens with zero attached hydrogens (tertiary/aromatic N) is 5. The lowest BCUT2D eigenvalue weighted by Gasteiger charge is -2.34. The van der Waals surface area contributed by atoms with E-state index in [0.29, 0.717) is 17.1 Å². The van der Waals surface area contributed by atoms with Gasteiger partial charge < -0.3 is 19.7 Å². The van der Waals surface area contributed by atoms with Crippen LogP contribution in [0.25, 0.3) is 0 Å². The number of amides is 1. The SMILES string of the molecule is COc1ccc([C@H]2C[C@H](C(F)(F)F)n3ncc(C(=O)N(C)Cc4cnn(C)c4C)c3N2)cc1OC. The first-order valence-corrected chi connectivity index (χ1v) is 10.9. The summed E-state index contributed by atoms with van der Waals surface area (Å²) in [7, 11) is 6.33. The molecule has 2 atom stereocenters. The number of methoxy groups -OCH3 is 2. The molecule has 1 aromatic carbocycles. The molecule has 0 radical (unpaired) electrons. The minimum atomic E-state index is -4.56. The summed E-state index contributed by atoms with van der Waals surface area (Å²) in [4.78, 5) is 14.7. The fourth-order valence-corrected chi connectivity index (χ4v) is 4.24. The Balaban J connectivity index is 1.68. The molecule has 2 aromatic heterocycles. The number of carbonyl (C=O) groups excluding carboxylic acids is 1. The lowest BCUT2D eigenvalue weighted by molar-refractivity contribution is -0.173. The normalized spacial score (nSPS) is 17.5. The molecule has 0 saturated heterocycles. The molecule has 1 aliphatic heterocycles. The van der Waals surface area contributed by atoms with Crippen LogP contribution in [0.1, 0.15) is 45.7 Å². The van der Waals surface area contributed by atoms with Gasteiger partial charge in [0.05, 0.1) is 32.7 Å². The average Bonchev–Trinajstić information content (AvgIpc) is 3.40. The van der Waals surface area contributed by atoms with Gasteiger partial charge in [-0.15, -0.1) is 0 Å². The van der Waals surface area contributed by atoms with Crippen LogP contribution in [0, 0.1) is 6.92 Å². The highest BCUT2D eigenvalue weighted by atomic mass is 19.4. The van der Waals surface area contributed by atoms with Crippen molar-refractivity contribution in [2.45, 2.75) is 38.1 Å². The summed E-state index contributed by atoms with van der Waals surface area (Å²) in [6.07, 6.45) is -2.01. The first-order valence-electron chi connectivity index (χ1n) is 10.9. The highest BCUT2D eigenvalue weighted by Crippen LogP contribution is 2.45. The molecule has 0 unspecified atom stereocenters. The van der Waals surface area contributed by atoms with Gasteiger partial charge in [-0.25, -0.2) is 4.68 Å². The summed E-state index contributed by atoms with van der Waals surface area (Å²) >= 11 is 0. The zero-order valence-corrected chi connectivity index (χ0v) is 20.1. The number of rotatable bonds is 6. The van der Waals surface area contributed by atoms with Crippen molar-refractivity contribution in [3.8, 4) is 11.5 Å². The Labute approximate surface area is 200 Å². The second-order valence-electron chi connectivity index (χ2n) is 8.50. The van der Waals surface area contributed by atoms with Gasteiger partial charge in [-0.1, -0.05) is 6.07 Å². The zero-order valence-electron chi connectivity index (χ0n) is 20.1. The maximum absolute atomic E-state index is 14.0. The van der Waals surface area contributed by atoms with E-state index in [-0.39, 0.29) is 24.3 Å². The second-order valence-corrected chi connectivity index (χ2v) is 8.50. The molecule has 9 nitrogen and oxygen atoms in total. The van der Waals surface area contributed by atoms with E-state index < -0.39 is 24.2 Å². The Bertz CT molecular complexity index is 1240. The van der Waals surface area contributed by atoms with E-state index in [1.165, 1.54) is 25.3 Å². The Kier molecular flexibility index (Phi) is 6.39. The molecule has 0 bridgehead atoms. The summed E-state index contributed by atoms with van der Waals surface area (Å²) in [5, 5.41) is 11.2. The van der Waals surface area contributed by atoms with E-state index in [0.717, 1.165) is 15.9 Å². The van der Waals surface area contributed by atoms with Crippen molar-refractivity contribution in [2.24, 2.45) is 7.05 Å². The van der Waals surface area contributed by atoms with E-state index in [1.54, 1.807) is 43.2 Å². The van der Waals surface area contributed by atoms with Crippen LogP contribution in [0.2, 0.25) is 0 Å². The molecule has 0 spiro atoms. The van der Waals surface area contributed by atoms with Crippen LogP contribution in [0.5, 0.6) is 11.5 Å². The third-order valence-corrected chi connectivity index (χ3v) is 6.37. The van der Waals surface area contributed by atoms with Crippen LogP contribution in [0.15, 0.2) is 30.6 Å². The number of hydrogen-bond acceptors (Lipinski definition) is 6. The standard InChI is InChI=1S/C23H27F3N6O3/c1-13-15(10-27-31(13)3)12-30(2)22(33)16-11-28-32-20(23(24,25)26)9-17(29-21(16)32)14-6-7-18(34-4)19(8-14)35-5/h6-8,10-11,17,20,29H,9,12H2,1-5H3/t17-,20-/m1/s1. The predicted molar refractivity (Wildman–Crippen MR) is 122 cm³/mol. The van der Waals surface area contributed by atoms with Gasteiger partial charge in [-0.3, -0.25) is 9.48 Å². The lowest BCUT2D eigenvalue weighted by Crippen LogP contribution is -2.36. The number of halogens is 3. The number of fused-ring (bicyclic) bond motifs is 1. The molecule has 1 N–H and O–H groups in total. The number of aromatic nitrogens is 4. The number of carbonyl (C=O) groups is 1. The summed E-state index contributed by atoms with van der Waals surface area (Å²) in [5.74, 6) is 0.444. The van der Waals surface area contributed by atoms with Crippen molar-refractivity contribution in [3.05, 3.63) is 53.0 Å². The molecule has 4 rings (SSSR count). The average molecular weight is 493 g/mol. The summed E-state index contributed by atoms with van der Waals surface area (Å²) in [5.41, 5.74) is 2.37. The number of anilines is 1. The van der Waals surface area contributed by atoms with E-state index >= 15 is 0 Å². The van der Waals surface area contributed by atoms with Gasteiger partial charge in [0, 0.05) is 38.3 Å². The number of ether oxygens (including phenoxy) is 2. The van der Waals surface area contributed by atoms with Gasteiger partial charge in [0.15, 0.2) is 17.5 Å². The van der Waals surface area contributed by atoms with Crippen LogP contribution < -0.4 is 14.8 Å². The van der Waals surface area contributed by atoms with Crippen molar-refractivity contribution >= 4 is 11.7 Å². The molecule has 12 heteroatoms. The van der Waals surface area contributed by atoms with Crippen molar-refractivity contribution < 1.29 is 27.4 Å². The molecule has 3 aromatic rings. The molecular weight excluding hydrogens is 465 g/mol. The Morgan fingerprint density at radius 1 is 1.20 bits per heavy atom. The number of benzene rings is 1. The Morgan fingerprint density at radius 2 is 1.91 bits per heavy atom. The van der Waals surface area contributed by atoms with Crippen molar-refractivity contribution in [2.75, 3.05) is 26.6 Å². The van der Waals surface area contributed by atoms with E-state index in [2.05, 4.69) is 15.5 Å². The maximum Gasteiger partial charge on any atom is 0.410 e. The number of alkyl halides is 3. The van der Waals surface area contributed by atoms with E-state index in [9.17, 15) is 18.0 Å². The maximum atomic E-state index is 14.0. The smallest absolute Gasteiger partial charge is 0.410 e. The van der Waals surface area contributed by atoms with Crippen LogP contribution in [0.4, 0.5) is 19.0 Å². The van der Waals surface area contributed by atoms with Crippen molar-refractivity contribution in [1.29, 1.82) is 0 Å². The molecular formula is C23H27F3N6O3. The van der Waals surface area contributed by atoms with Gasteiger partial charge in [0.25, 0.3) is 5.91 Å². The Morgan fingerprint density at radius 3 is 2.51 bits per heavy atom. The quantitative estimate of drug-likeness (QED) is 0.562. The number of aryl methyl sites for hydroxylation is 1. The molecule has 0 fully saturated rings. The second kappa shape index (κ2) is 9.16. The van der Waals surface area contributed by atoms with E-state index in [4.69, 9.17) is 9.47 Å². The summed E-state index contributed by atoms with van der Waals surface area (Å²) in [6.45, 7) is 2.14. The van der Waals surface area contributed by atoms with Crippen LogP contribution >= 0.6 is 0 Å². The molecule has 1 amide bonds. The van der Waals surface area contributed by atoms with Gasteiger partial charge in [0.2, 0.25) is 0 Å². The molecule has 0 saturated carbocycles. The Hall–Kier alpha value is -3.70. The van der Waals surface area contributed by atoms with Gasteiger partial charge >= 0.3 is 6.18 Å². The monoisotopic (exact) mass is 492 g/mol. The third kappa shape index (κ3) is 4.52. The van der Waals surface area contributed by atoms with E-state index in [1.807, 2.05) is 6.92 Å². The number of nitrogens with one attached hydrogen (secondary N) is 1. The van der Waals surface area contributed by atoms with Gasteiger partial charge in [0.1, 0.15) is 11.4 Å². The number of hydrogen-bond donors (Lipinski definition) is 1. The molecule has 1 aliphatic rings. The van der Waals surface area contributed by atoms with Gasteiger partial charge in [-0.05, 0) is 24.6 Å². The first kappa shape index (κ1) is 24.4. The molecule has 0 aliphatic carbocycles. The largest absolute Gasteiger partial charge is 0.493 e. The van der Waals surface area contributed by atoms with Crippen LogP contribution in [-0.2, 0) is 13.6 Å². The zero-order chi connectivity index (χ0) is 25.5.